The Kier molecular flexibility index (Phi) is 10.7. The summed E-state index contributed by atoms with van der Waals surface area (Å²) in [5.41, 5.74) is 0. The molecule has 2 N–H and O–H groups in total. The van der Waals surface area contributed by atoms with Crippen molar-refractivity contribution in [2.45, 2.75) is 70.1 Å². The average Bonchev–Trinajstić information content (AvgIpc) is 3.66. The Balaban J connectivity index is 1.28. The first kappa shape index (κ1) is 31.7. The molecule has 1 aromatic heterocycles. The van der Waals surface area contributed by atoms with Crippen LogP contribution in [0.15, 0.2) is 17.5 Å². The van der Waals surface area contributed by atoms with Crippen molar-refractivity contribution in [2.24, 2.45) is 0 Å². The summed E-state index contributed by atoms with van der Waals surface area (Å²) in [7, 11) is -2.03. The molecule has 0 bridgehead atoms. The summed E-state index contributed by atoms with van der Waals surface area (Å²) < 4.78 is 28.3. The minimum Gasteiger partial charge on any atom is -0.337 e. The third-order valence-corrected chi connectivity index (χ3v) is 10.2. The van der Waals surface area contributed by atoms with Crippen LogP contribution in [0.5, 0.6) is 0 Å². The molecule has 3 atom stereocenters. The lowest BCUT2D eigenvalue weighted by Crippen LogP contribution is -2.55. The third-order valence-electron chi connectivity index (χ3n) is 7.86. The summed E-state index contributed by atoms with van der Waals surface area (Å²) in [6.45, 7) is 7.25. The molecule has 0 spiro atoms. The zero-order valence-electron chi connectivity index (χ0n) is 23.9. The van der Waals surface area contributed by atoms with Gasteiger partial charge in [0.2, 0.25) is 21.8 Å². The number of piperidine rings is 1. The molecule has 0 saturated carbocycles. The smallest absolute Gasteiger partial charge is 0.317 e. The van der Waals surface area contributed by atoms with E-state index in [1.165, 1.54) is 22.3 Å². The first-order valence-electron chi connectivity index (χ1n) is 14.2. The van der Waals surface area contributed by atoms with E-state index in [1.807, 2.05) is 25.8 Å². The van der Waals surface area contributed by atoms with Crippen molar-refractivity contribution in [3.8, 4) is 0 Å². The van der Waals surface area contributed by atoms with E-state index in [9.17, 15) is 22.8 Å². The molecular formula is C27H41ClN6O5S2. The molecular weight excluding hydrogens is 588 g/mol. The number of halogens is 1. The Labute approximate surface area is 251 Å². The van der Waals surface area contributed by atoms with Crippen molar-refractivity contribution in [2.75, 3.05) is 46.3 Å². The van der Waals surface area contributed by atoms with Crippen LogP contribution in [0.2, 0.25) is 4.34 Å². The van der Waals surface area contributed by atoms with Gasteiger partial charge in [-0.15, -0.1) is 11.3 Å². The van der Waals surface area contributed by atoms with Gasteiger partial charge >= 0.3 is 6.03 Å². The van der Waals surface area contributed by atoms with Gasteiger partial charge in [0.05, 0.1) is 10.9 Å². The molecule has 0 radical (unpaired) electrons. The second-order valence-electron chi connectivity index (χ2n) is 11.4. The predicted molar refractivity (Wildman–Crippen MR) is 161 cm³/mol. The van der Waals surface area contributed by atoms with E-state index >= 15 is 0 Å². The van der Waals surface area contributed by atoms with E-state index in [2.05, 4.69) is 14.9 Å². The Morgan fingerprint density at radius 2 is 1.93 bits per heavy atom. The lowest BCUT2D eigenvalue weighted by Gasteiger charge is -2.34. The Hall–Kier alpha value is -2.19. The van der Waals surface area contributed by atoms with Gasteiger partial charge in [0.1, 0.15) is 6.04 Å². The van der Waals surface area contributed by atoms with Crippen LogP contribution in [0, 0.1) is 0 Å². The molecule has 1 unspecified atom stereocenters. The molecule has 41 heavy (non-hydrogen) atoms. The fraction of sp³-hybridized carbons (Fsp3) is 0.667. The molecule has 3 fully saturated rings. The van der Waals surface area contributed by atoms with Gasteiger partial charge in [-0.25, -0.2) is 13.2 Å². The van der Waals surface area contributed by atoms with Crippen molar-refractivity contribution in [3.05, 3.63) is 26.8 Å². The highest BCUT2D eigenvalue weighted by Gasteiger charge is 2.37. The van der Waals surface area contributed by atoms with Crippen LogP contribution in [0.3, 0.4) is 0 Å². The highest BCUT2D eigenvalue weighted by molar-refractivity contribution is 7.92. The summed E-state index contributed by atoms with van der Waals surface area (Å²) in [4.78, 5) is 47.0. The number of carbonyl (C=O) groups is 3. The first-order chi connectivity index (χ1) is 19.4. The molecule has 4 heterocycles. The minimum absolute atomic E-state index is 0.0566. The van der Waals surface area contributed by atoms with Crippen molar-refractivity contribution < 1.29 is 22.8 Å². The predicted octanol–water partition coefficient (Wildman–Crippen LogP) is 2.40. The first-order valence-corrected chi connectivity index (χ1v) is 17.0. The number of urea groups is 1. The van der Waals surface area contributed by atoms with Gasteiger partial charge in [0, 0.05) is 68.2 Å². The number of amides is 4. The van der Waals surface area contributed by atoms with Gasteiger partial charge in [-0.05, 0) is 64.2 Å². The quantitative estimate of drug-likeness (QED) is 0.410. The number of rotatable bonds is 10. The summed E-state index contributed by atoms with van der Waals surface area (Å²) in [6, 6.07) is 2.70. The van der Waals surface area contributed by atoms with Crippen molar-refractivity contribution in [1.82, 2.24) is 29.6 Å². The van der Waals surface area contributed by atoms with Crippen LogP contribution in [0.25, 0.3) is 6.08 Å². The largest absolute Gasteiger partial charge is 0.337 e. The number of nitrogens with one attached hydrogen (secondary N) is 2. The lowest BCUT2D eigenvalue weighted by atomic mass is 10.1. The second kappa shape index (κ2) is 13.9. The monoisotopic (exact) mass is 628 g/mol. The van der Waals surface area contributed by atoms with Crippen LogP contribution >= 0.6 is 22.9 Å². The number of nitrogens with zero attached hydrogens (tertiary/aromatic N) is 4. The van der Waals surface area contributed by atoms with E-state index in [-0.39, 0.29) is 42.5 Å². The third kappa shape index (κ3) is 8.66. The molecule has 4 rings (SSSR count). The molecule has 1 aromatic rings. The number of sulfonamides is 1. The van der Waals surface area contributed by atoms with Crippen molar-refractivity contribution in [1.29, 1.82) is 0 Å². The van der Waals surface area contributed by atoms with Gasteiger partial charge in [0.15, 0.2) is 0 Å². The zero-order valence-corrected chi connectivity index (χ0v) is 26.3. The maximum atomic E-state index is 13.4. The standard InChI is InChI=1S/C27H41ClN6O5S2/c1-19(2)29-27(37)31(3)20-10-14-32(16-20)17-21-6-4-13-34(21)25(35)18-33-12-5-7-23(26(33)36)30-41(38,39)15-11-22-8-9-24(28)40-22/h8-9,11,15,19-21,23,30H,4-7,10,12-14,16-18H2,1-3H3,(H,29,37)/b15-11+/t20?,21-,23-/m0/s1. The SMILES string of the molecule is CC(C)NC(=O)N(C)C1CCN(C[C@@H]2CCCN2C(=O)CN2CCC[C@H](NS(=O)(=O)/C=C/c3ccc(Cl)s3)C2=O)C1. The number of thiophene rings is 1. The fourth-order valence-electron chi connectivity index (χ4n) is 5.73. The van der Waals surface area contributed by atoms with Crippen molar-refractivity contribution in [3.63, 3.8) is 0 Å². The minimum atomic E-state index is -3.86. The number of likely N-dealkylation sites (tertiary alicyclic amines) is 3. The summed E-state index contributed by atoms with van der Waals surface area (Å²) in [5.74, 6) is -0.482. The Bertz CT molecular complexity index is 1240. The number of carbonyl (C=O) groups excluding carboxylic acids is 3. The average molecular weight is 629 g/mol. The number of likely N-dealkylation sites (N-methyl/N-ethyl adjacent to an activating group) is 1. The molecule has 0 aliphatic carbocycles. The summed E-state index contributed by atoms with van der Waals surface area (Å²) >= 11 is 7.16. The van der Waals surface area contributed by atoms with Gasteiger partial charge in [0.25, 0.3) is 0 Å². The summed E-state index contributed by atoms with van der Waals surface area (Å²) in [6.07, 6.45) is 5.12. The van der Waals surface area contributed by atoms with Crippen LogP contribution in [0.4, 0.5) is 4.79 Å². The Morgan fingerprint density at radius 1 is 1.17 bits per heavy atom. The van der Waals surface area contributed by atoms with Crippen molar-refractivity contribution >= 4 is 56.9 Å². The zero-order chi connectivity index (χ0) is 29.7. The molecule has 11 nitrogen and oxygen atoms in total. The highest BCUT2D eigenvalue weighted by Crippen LogP contribution is 2.24. The molecule has 0 aromatic carbocycles. The number of hydrogen-bond acceptors (Lipinski definition) is 7. The lowest BCUT2D eigenvalue weighted by molar-refractivity contribution is -0.143. The maximum absolute atomic E-state index is 13.4. The number of hydrogen-bond donors (Lipinski definition) is 2. The van der Waals surface area contributed by atoms with Gasteiger partial charge in [-0.2, -0.15) is 4.72 Å². The van der Waals surface area contributed by atoms with E-state index in [0.29, 0.717) is 35.1 Å². The molecule has 3 aliphatic rings. The van der Waals surface area contributed by atoms with Gasteiger partial charge in [-0.3, -0.25) is 14.5 Å². The van der Waals surface area contributed by atoms with Gasteiger partial charge in [-0.1, -0.05) is 11.6 Å². The Morgan fingerprint density at radius 3 is 2.63 bits per heavy atom. The molecule has 14 heteroatoms. The topological polar surface area (TPSA) is 122 Å². The van der Waals surface area contributed by atoms with E-state index in [0.717, 1.165) is 44.3 Å². The summed E-state index contributed by atoms with van der Waals surface area (Å²) in [5, 5.41) is 3.98. The van der Waals surface area contributed by atoms with Gasteiger partial charge < -0.3 is 20.0 Å². The normalized spacial score (nSPS) is 24.1. The maximum Gasteiger partial charge on any atom is 0.317 e. The van der Waals surface area contributed by atoms with Crippen LogP contribution < -0.4 is 10.0 Å². The van der Waals surface area contributed by atoms with E-state index in [1.54, 1.807) is 17.0 Å². The molecule has 228 valence electrons. The molecule has 3 aliphatic heterocycles. The highest BCUT2D eigenvalue weighted by atomic mass is 35.5. The van der Waals surface area contributed by atoms with E-state index in [4.69, 9.17) is 11.6 Å². The molecule has 4 amide bonds. The molecule has 3 saturated heterocycles. The fourth-order valence-corrected chi connectivity index (χ4v) is 7.80. The van der Waals surface area contributed by atoms with Crippen LogP contribution in [-0.4, -0.2) is 116 Å². The van der Waals surface area contributed by atoms with E-state index < -0.39 is 16.1 Å². The second-order valence-corrected chi connectivity index (χ2v) is 14.7. The van der Waals surface area contributed by atoms with Crippen LogP contribution in [-0.2, 0) is 19.6 Å². The van der Waals surface area contributed by atoms with Crippen LogP contribution in [0.1, 0.15) is 50.8 Å².